The van der Waals surface area contributed by atoms with Gasteiger partial charge in [0, 0.05) is 24.3 Å². The van der Waals surface area contributed by atoms with Gasteiger partial charge >= 0.3 is 0 Å². The van der Waals surface area contributed by atoms with E-state index in [-0.39, 0.29) is 12.3 Å². The number of hydrogen-bond donors (Lipinski definition) is 1. The lowest BCUT2D eigenvalue weighted by Gasteiger charge is -2.13. The Kier molecular flexibility index (Phi) is 6.40. The van der Waals surface area contributed by atoms with E-state index in [0.717, 1.165) is 33.2 Å². The van der Waals surface area contributed by atoms with Crippen LogP contribution in [0.2, 0.25) is 10.0 Å². The fourth-order valence-corrected chi connectivity index (χ4v) is 3.95. The van der Waals surface area contributed by atoms with E-state index in [9.17, 15) is 4.79 Å². The topological polar surface area (TPSA) is 51.2 Å². The number of ether oxygens (including phenoxy) is 1. The van der Waals surface area contributed by atoms with Crippen molar-refractivity contribution in [1.82, 2.24) is 10.3 Å². The summed E-state index contributed by atoms with van der Waals surface area (Å²) in [5.41, 5.74) is 3.82. The third kappa shape index (κ3) is 4.66. The maximum Gasteiger partial charge on any atom is 0.224 e. The molecule has 4 rings (SSSR count). The Bertz CT molecular complexity index is 1260. The van der Waals surface area contributed by atoms with Crippen molar-refractivity contribution in [2.24, 2.45) is 0 Å². The summed E-state index contributed by atoms with van der Waals surface area (Å²) in [6, 6.07) is 19.3. The van der Waals surface area contributed by atoms with E-state index >= 15 is 0 Å². The summed E-state index contributed by atoms with van der Waals surface area (Å²) in [5, 5.41) is 5.88. The summed E-state index contributed by atoms with van der Waals surface area (Å²) in [6.07, 6.45) is 3.77. The van der Waals surface area contributed by atoms with Crippen LogP contribution in [-0.4, -0.2) is 18.0 Å². The third-order valence-electron chi connectivity index (χ3n) is 5.15. The number of nitrogens with zero attached hydrogens (tertiary/aromatic N) is 1. The van der Waals surface area contributed by atoms with Gasteiger partial charge in [0.05, 0.1) is 23.6 Å². The lowest BCUT2D eigenvalue weighted by atomic mass is 9.96. The SMILES string of the molecule is COc1cccc(-c2ccc(CNC(=O)Cc3cccc(Cl)c3Cl)c3cnccc23)c1. The molecule has 0 aliphatic rings. The van der Waals surface area contributed by atoms with Crippen LogP contribution in [0.5, 0.6) is 5.75 Å². The molecule has 1 N–H and O–H groups in total. The van der Waals surface area contributed by atoms with Gasteiger partial charge in [-0.2, -0.15) is 0 Å². The number of carbonyl (C=O) groups excluding carboxylic acids is 1. The molecule has 4 nitrogen and oxygen atoms in total. The van der Waals surface area contributed by atoms with Gasteiger partial charge in [-0.15, -0.1) is 0 Å². The van der Waals surface area contributed by atoms with Crippen LogP contribution >= 0.6 is 23.2 Å². The smallest absolute Gasteiger partial charge is 0.224 e. The lowest BCUT2D eigenvalue weighted by Crippen LogP contribution is -2.24. The van der Waals surface area contributed by atoms with Crippen molar-refractivity contribution < 1.29 is 9.53 Å². The average molecular weight is 451 g/mol. The first-order chi connectivity index (χ1) is 15.1. The summed E-state index contributed by atoms with van der Waals surface area (Å²) in [5.74, 6) is 0.675. The zero-order chi connectivity index (χ0) is 21.8. The predicted molar refractivity (Wildman–Crippen MR) is 126 cm³/mol. The van der Waals surface area contributed by atoms with Crippen LogP contribution in [0.25, 0.3) is 21.9 Å². The van der Waals surface area contributed by atoms with Crippen LogP contribution in [0.3, 0.4) is 0 Å². The van der Waals surface area contributed by atoms with Crippen LogP contribution in [0, 0.1) is 0 Å². The number of nitrogens with one attached hydrogen (secondary N) is 1. The fraction of sp³-hybridized carbons (Fsp3) is 0.120. The Labute approximate surface area is 190 Å². The molecule has 0 unspecified atom stereocenters. The molecular formula is C25H20Cl2N2O2. The summed E-state index contributed by atoms with van der Waals surface area (Å²) >= 11 is 12.2. The summed E-state index contributed by atoms with van der Waals surface area (Å²) in [7, 11) is 1.66. The highest BCUT2D eigenvalue weighted by Gasteiger charge is 2.12. The van der Waals surface area contributed by atoms with Gasteiger partial charge in [0.1, 0.15) is 5.75 Å². The van der Waals surface area contributed by atoms with Crippen molar-refractivity contribution in [2.75, 3.05) is 7.11 Å². The van der Waals surface area contributed by atoms with Crippen LogP contribution < -0.4 is 10.1 Å². The molecule has 3 aromatic carbocycles. The minimum atomic E-state index is -0.127. The second-order valence-electron chi connectivity index (χ2n) is 7.09. The lowest BCUT2D eigenvalue weighted by molar-refractivity contribution is -0.120. The zero-order valence-electron chi connectivity index (χ0n) is 16.9. The Balaban J connectivity index is 1.58. The van der Waals surface area contributed by atoms with E-state index in [4.69, 9.17) is 27.9 Å². The maximum atomic E-state index is 12.5. The van der Waals surface area contributed by atoms with Crippen molar-refractivity contribution in [1.29, 1.82) is 0 Å². The summed E-state index contributed by atoms with van der Waals surface area (Å²) < 4.78 is 5.36. The number of carbonyl (C=O) groups is 1. The number of halogens is 2. The molecule has 1 heterocycles. The highest BCUT2D eigenvalue weighted by atomic mass is 35.5. The van der Waals surface area contributed by atoms with Gasteiger partial charge in [0.25, 0.3) is 0 Å². The van der Waals surface area contributed by atoms with Crippen LogP contribution in [0.1, 0.15) is 11.1 Å². The van der Waals surface area contributed by atoms with Gasteiger partial charge < -0.3 is 10.1 Å². The van der Waals surface area contributed by atoms with E-state index in [1.165, 1.54) is 0 Å². The first-order valence-corrected chi connectivity index (χ1v) is 10.5. The number of amides is 1. The van der Waals surface area contributed by atoms with Crippen molar-refractivity contribution in [3.05, 3.63) is 94.2 Å². The predicted octanol–water partition coefficient (Wildman–Crippen LogP) is 6.08. The van der Waals surface area contributed by atoms with Gasteiger partial charge in [0.15, 0.2) is 0 Å². The molecule has 31 heavy (non-hydrogen) atoms. The number of aromatic nitrogens is 1. The molecule has 1 aromatic heterocycles. The fourth-order valence-electron chi connectivity index (χ4n) is 3.56. The molecule has 0 aliphatic carbocycles. The van der Waals surface area contributed by atoms with Gasteiger partial charge in [-0.1, -0.05) is 59.6 Å². The first kappa shape index (κ1) is 21.2. The normalized spacial score (nSPS) is 10.8. The molecule has 1 amide bonds. The molecule has 4 aromatic rings. The van der Waals surface area contributed by atoms with Gasteiger partial charge in [-0.05, 0) is 51.9 Å². The molecule has 0 atom stereocenters. The quantitative estimate of drug-likeness (QED) is 0.387. The van der Waals surface area contributed by atoms with Crippen molar-refractivity contribution in [3.8, 4) is 16.9 Å². The summed E-state index contributed by atoms with van der Waals surface area (Å²) in [6.45, 7) is 0.387. The number of methoxy groups -OCH3 is 1. The number of benzene rings is 3. The van der Waals surface area contributed by atoms with Gasteiger partial charge in [-0.3, -0.25) is 9.78 Å². The summed E-state index contributed by atoms with van der Waals surface area (Å²) in [4.78, 5) is 16.8. The minimum absolute atomic E-state index is 0.127. The molecule has 0 fully saturated rings. The van der Waals surface area contributed by atoms with E-state index in [0.29, 0.717) is 22.2 Å². The molecule has 6 heteroatoms. The van der Waals surface area contributed by atoms with E-state index in [2.05, 4.69) is 16.4 Å². The van der Waals surface area contributed by atoms with Gasteiger partial charge in [0.2, 0.25) is 5.91 Å². The average Bonchev–Trinajstić information content (AvgIpc) is 2.80. The van der Waals surface area contributed by atoms with Gasteiger partial charge in [-0.25, -0.2) is 0 Å². The maximum absolute atomic E-state index is 12.5. The molecule has 0 spiro atoms. The van der Waals surface area contributed by atoms with Crippen molar-refractivity contribution in [2.45, 2.75) is 13.0 Å². The molecule has 156 valence electrons. The standard InChI is InChI=1S/C25H20Cl2N2O2/c1-31-19-6-2-4-16(12-19)20-9-8-18(22-15-28-11-10-21(20)22)14-29-24(30)13-17-5-3-7-23(26)25(17)27/h2-12,15H,13-14H2,1H3,(H,29,30). The Hall–Kier alpha value is -3.08. The molecular weight excluding hydrogens is 431 g/mol. The monoisotopic (exact) mass is 450 g/mol. The highest BCUT2D eigenvalue weighted by Crippen LogP contribution is 2.32. The van der Waals surface area contributed by atoms with E-state index < -0.39 is 0 Å². The van der Waals surface area contributed by atoms with E-state index in [1.54, 1.807) is 31.5 Å². The highest BCUT2D eigenvalue weighted by molar-refractivity contribution is 6.42. The number of pyridine rings is 1. The Morgan fingerprint density at radius 1 is 1.00 bits per heavy atom. The molecule has 0 aliphatic heterocycles. The van der Waals surface area contributed by atoms with Crippen LogP contribution in [-0.2, 0) is 17.8 Å². The largest absolute Gasteiger partial charge is 0.497 e. The first-order valence-electron chi connectivity index (χ1n) is 9.76. The van der Waals surface area contributed by atoms with Crippen LogP contribution in [0.4, 0.5) is 0 Å². The number of hydrogen-bond acceptors (Lipinski definition) is 3. The third-order valence-corrected chi connectivity index (χ3v) is 6.01. The van der Waals surface area contributed by atoms with Crippen molar-refractivity contribution in [3.63, 3.8) is 0 Å². The number of fused-ring (bicyclic) bond motifs is 1. The van der Waals surface area contributed by atoms with Crippen LogP contribution in [0.15, 0.2) is 73.1 Å². The molecule has 0 saturated heterocycles. The second-order valence-corrected chi connectivity index (χ2v) is 7.88. The molecule has 0 radical (unpaired) electrons. The minimum Gasteiger partial charge on any atom is -0.497 e. The number of rotatable bonds is 6. The second kappa shape index (κ2) is 9.38. The van der Waals surface area contributed by atoms with Crippen molar-refractivity contribution >= 4 is 39.9 Å². The Morgan fingerprint density at radius 2 is 1.84 bits per heavy atom. The molecule has 0 bridgehead atoms. The van der Waals surface area contributed by atoms with E-state index in [1.807, 2.05) is 42.6 Å². The molecule has 0 saturated carbocycles. The Morgan fingerprint density at radius 3 is 2.68 bits per heavy atom. The zero-order valence-corrected chi connectivity index (χ0v) is 18.4.